The normalized spacial score (nSPS) is 11.1. The molecule has 0 atom stereocenters. The monoisotopic (exact) mass is 230 g/mol. The summed E-state index contributed by atoms with van der Waals surface area (Å²) in [4.78, 5) is 0. The van der Waals surface area contributed by atoms with Crippen LogP contribution in [0.25, 0.3) is 6.08 Å². The standard InChI is InChI=1S/C11H12Cl2O/c12-10-6-5-9(8-11(10)13)4-2-1-3-7-14/h2,4-6,8,14H,1,3,7H2/b4-2+. The molecule has 0 amide bonds. The zero-order chi connectivity index (χ0) is 10.4. The fraction of sp³-hybridized carbons (Fsp3) is 0.273. The van der Waals surface area contributed by atoms with E-state index in [-0.39, 0.29) is 6.61 Å². The van der Waals surface area contributed by atoms with Crippen LogP contribution in [0, 0.1) is 0 Å². The first-order chi connectivity index (χ1) is 6.74. The molecular formula is C11H12Cl2O. The molecule has 0 bridgehead atoms. The van der Waals surface area contributed by atoms with Gasteiger partial charge in [-0.05, 0) is 30.5 Å². The molecule has 0 spiro atoms. The molecule has 0 unspecified atom stereocenters. The third kappa shape index (κ3) is 3.70. The minimum Gasteiger partial charge on any atom is -0.396 e. The summed E-state index contributed by atoms with van der Waals surface area (Å²) in [5.74, 6) is 0. The predicted octanol–water partition coefficient (Wildman–Crippen LogP) is 3.78. The van der Waals surface area contributed by atoms with Crippen molar-refractivity contribution >= 4 is 29.3 Å². The summed E-state index contributed by atoms with van der Waals surface area (Å²) in [5.41, 5.74) is 1.03. The van der Waals surface area contributed by atoms with Crippen LogP contribution in [0.3, 0.4) is 0 Å². The highest BCUT2D eigenvalue weighted by molar-refractivity contribution is 6.42. The van der Waals surface area contributed by atoms with E-state index in [4.69, 9.17) is 28.3 Å². The van der Waals surface area contributed by atoms with Crippen LogP contribution >= 0.6 is 23.2 Å². The molecule has 0 radical (unpaired) electrons. The Morgan fingerprint density at radius 3 is 2.64 bits per heavy atom. The number of hydrogen-bond donors (Lipinski definition) is 1. The highest BCUT2D eigenvalue weighted by Crippen LogP contribution is 2.23. The summed E-state index contributed by atoms with van der Waals surface area (Å²) < 4.78 is 0. The first-order valence-corrected chi connectivity index (χ1v) is 5.22. The maximum Gasteiger partial charge on any atom is 0.0598 e. The molecule has 0 aliphatic carbocycles. The fourth-order valence-corrected chi connectivity index (χ4v) is 1.35. The second-order valence-corrected chi connectivity index (χ2v) is 3.76. The highest BCUT2D eigenvalue weighted by atomic mass is 35.5. The Kier molecular flexibility index (Phi) is 5.02. The molecule has 1 N–H and O–H groups in total. The summed E-state index contributed by atoms with van der Waals surface area (Å²) in [6, 6.07) is 5.50. The van der Waals surface area contributed by atoms with Gasteiger partial charge in [0.05, 0.1) is 10.0 Å². The molecule has 76 valence electrons. The lowest BCUT2D eigenvalue weighted by atomic mass is 10.2. The molecule has 0 aromatic heterocycles. The van der Waals surface area contributed by atoms with E-state index in [0.29, 0.717) is 10.0 Å². The largest absolute Gasteiger partial charge is 0.396 e. The average molecular weight is 231 g/mol. The number of rotatable bonds is 4. The van der Waals surface area contributed by atoms with Gasteiger partial charge in [-0.2, -0.15) is 0 Å². The Hall–Kier alpha value is -0.500. The molecule has 0 fully saturated rings. The molecule has 1 nitrogen and oxygen atoms in total. The molecule has 0 saturated carbocycles. The summed E-state index contributed by atoms with van der Waals surface area (Å²) in [7, 11) is 0. The quantitative estimate of drug-likeness (QED) is 0.782. The van der Waals surface area contributed by atoms with Gasteiger partial charge in [-0.1, -0.05) is 41.4 Å². The summed E-state index contributed by atoms with van der Waals surface area (Å²) in [5, 5.41) is 9.71. The van der Waals surface area contributed by atoms with Crippen LogP contribution in [-0.2, 0) is 0 Å². The van der Waals surface area contributed by atoms with Gasteiger partial charge in [0.2, 0.25) is 0 Å². The molecule has 0 saturated heterocycles. The molecule has 0 aliphatic heterocycles. The van der Waals surface area contributed by atoms with Gasteiger partial charge in [-0.25, -0.2) is 0 Å². The Balaban J connectivity index is 2.59. The van der Waals surface area contributed by atoms with Crippen molar-refractivity contribution < 1.29 is 5.11 Å². The maximum atomic E-state index is 8.57. The van der Waals surface area contributed by atoms with E-state index >= 15 is 0 Å². The molecule has 0 aliphatic rings. The molecule has 14 heavy (non-hydrogen) atoms. The molecule has 3 heteroatoms. The van der Waals surface area contributed by atoms with E-state index in [2.05, 4.69) is 0 Å². The van der Waals surface area contributed by atoms with Crippen LogP contribution in [0.15, 0.2) is 24.3 Å². The van der Waals surface area contributed by atoms with E-state index in [1.807, 2.05) is 24.3 Å². The van der Waals surface area contributed by atoms with Gasteiger partial charge >= 0.3 is 0 Å². The number of benzene rings is 1. The van der Waals surface area contributed by atoms with Crippen molar-refractivity contribution in [3.05, 3.63) is 39.9 Å². The number of hydrogen-bond acceptors (Lipinski definition) is 1. The van der Waals surface area contributed by atoms with Crippen molar-refractivity contribution in [2.45, 2.75) is 12.8 Å². The SMILES string of the molecule is OCCC/C=C/c1ccc(Cl)c(Cl)c1. The van der Waals surface area contributed by atoms with Gasteiger partial charge in [0.15, 0.2) is 0 Å². The molecule has 1 rings (SSSR count). The third-order valence-corrected chi connectivity index (χ3v) is 2.52. The Morgan fingerprint density at radius 2 is 2.00 bits per heavy atom. The summed E-state index contributed by atoms with van der Waals surface area (Å²) in [6.45, 7) is 0.228. The van der Waals surface area contributed by atoms with E-state index in [0.717, 1.165) is 18.4 Å². The molecule has 0 heterocycles. The number of halogens is 2. The second-order valence-electron chi connectivity index (χ2n) is 2.94. The first kappa shape index (κ1) is 11.6. The average Bonchev–Trinajstić information content (AvgIpc) is 2.18. The van der Waals surface area contributed by atoms with Gasteiger partial charge in [-0.15, -0.1) is 0 Å². The maximum absolute atomic E-state index is 8.57. The highest BCUT2D eigenvalue weighted by Gasteiger charge is 1.95. The van der Waals surface area contributed by atoms with Gasteiger partial charge in [0.1, 0.15) is 0 Å². The molecule has 1 aromatic carbocycles. The van der Waals surface area contributed by atoms with E-state index in [1.54, 1.807) is 6.07 Å². The van der Waals surface area contributed by atoms with Crippen molar-refractivity contribution in [1.29, 1.82) is 0 Å². The third-order valence-electron chi connectivity index (χ3n) is 1.78. The van der Waals surface area contributed by atoms with Gasteiger partial charge in [0, 0.05) is 6.61 Å². The topological polar surface area (TPSA) is 20.2 Å². The second kappa shape index (κ2) is 6.07. The smallest absolute Gasteiger partial charge is 0.0598 e. The van der Waals surface area contributed by atoms with E-state index in [1.165, 1.54) is 0 Å². The predicted molar refractivity (Wildman–Crippen MR) is 61.8 cm³/mol. The van der Waals surface area contributed by atoms with Crippen LogP contribution in [0.2, 0.25) is 10.0 Å². The zero-order valence-electron chi connectivity index (χ0n) is 7.71. The van der Waals surface area contributed by atoms with Crippen LogP contribution in [0.4, 0.5) is 0 Å². The first-order valence-electron chi connectivity index (χ1n) is 4.46. The van der Waals surface area contributed by atoms with E-state index in [9.17, 15) is 0 Å². The number of allylic oxidation sites excluding steroid dienone is 1. The van der Waals surface area contributed by atoms with Gasteiger partial charge in [0.25, 0.3) is 0 Å². The Labute approximate surface area is 94.0 Å². The number of aliphatic hydroxyl groups is 1. The lowest BCUT2D eigenvalue weighted by Gasteiger charge is -1.97. The summed E-state index contributed by atoms with van der Waals surface area (Å²) in [6.07, 6.45) is 5.64. The van der Waals surface area contributed by atoms with E-state index < -0.39 is 0 Å². The number of aliphatic hydroxyl groups excluding tert-OH is 1. The molecule has 1 aromatic rings. The van der Waals surface area contributed by atoms with Crippen LogP contribution < -0.4 is 0 Å². The lowest BCUT2D eigenvalue weighted by Crippen LogP contribution is -1.78. The minimum absolute atomic E-state index is 0.228. The number of unbranched alkanes of at least 4 members (excludes halogenated alkanes) is 1. The van der Waals surface area contributed by atoms with Gasteiger partial charge < -0.3 is 5.11 Å². The van der Waals surface area contributed by atoms with Crippen LogP contribution in [0.5, 0.6) is 0 Å². The minimum atomic E-state index is 0.228. The van der Waals surface area contributed by atoms with Crippen molar-refractivity contribution in [3.8, 4) is 0 Å². The van der Waals surface area contributed by atoms with Gasteiger partial charge in [-0.3, -0.25) is 0 Å². The Morgan fingerprint density at radius 1 is 1.21 bits per heavy atom. The van der Waals surface area contributed by atoms with Crippen LogP contribution in [-0.4, -0.2) is 11.7 Å². The van der Waals surface area contributed by atoms with Crippen molar-refractivity contribution in [2.24, 2.45) is 0 Å². The van der Waals surface area contributed by atoms with Crippen LogP contribution in [0.1, 0.15) is 18.4 Å². The summed E-state index contributed by atoms with van der Waals surface area (Å²) >= 11 is 11.6. The zero-order valence-corrected chi connectivity index (χ0v) is 9.22. The van der Waals surface area contributed by atoms with Crippen molar-refractivity contribution in [1.82, 2.24) is 0 Å². The van der Waals surface area contributed by atoms with Crippen molar-refractivity contribution in [2.75, 3.05) is 6.61 Å². The lowest BCUT2D eigenvalue weighted by molar-refractivity contribution is 0.290. The fourth-order valence-electron chi connectivity index (χ4n) is 1.04. The Bertz CT molecular complexity index is 321. The van der Waals surface area contributed by atoms with Crippen molar-refractivity contribution in [3.63, 3.8) is 0 Å². The molecular weight excluding hydrogens is 219 g/mol.